The van der Waals surface area contributed by atoms with Crippen molar-refractivity contribution < 1.29 is 9.72 Å². The Morgan fingerprint density at radius 2 is 2.17 bits per heavy atom. The lowest BCUT2D eigenvalue weighted by Gasteiger charge is -2.05. The molecule has 0 heterocycles. The van der Waals surface area contributed by atoms with Gasteiger partial charge in [-0.1, -0.05) is 0 Å². The van der Waals surface area contributed by atoms with Crippen LogP contribution in [-0.2, 0) is 4.79 Å². The zero-order valence-corrected chi connectivity index (χ0v) is 9.64. The van der Waals surface area contributed by atoms with Crippen LogP contribution in [0.3, 0.4) is 0 Å². The van der Waals surface area contributed by atoms with Crippen molar-refractivity contribution in [1.29, 1.82) is 5.41 Å². The SMILES string of the molecule is CN/C=C(\C=N)c1cc(NC=O)cc([N+](=O)[O-])c1. The normalized spacial score (nSPS) is 10.6. The topological polar surface area (TPSA) is 108 Å². The molecule has 0 unspecified atom stereocenters. The van der Waals surface area contributed by atoms with E-state index in [1.54, 1.807) is 13.1 Å². The summed E-state index contributed by atoms with van der Waals surface area (Å²) in [5.41, 5.74) is 1.09. The number of allylic oxidation sites excluding steroid dienone is 1. The molecule has 0 fully saturated rings. The van der Waals surface area contributed by atoms with Crippen LogP contribution in [0.1, 0.15) is 5.56 Å². The first-order valence-electron chi connectivity index (χ1n) is 5.00. The third-order valence-corrected chi connectivity index (χ3v) is 2.14. The Balaban J connectivity index is 3.33. The molecular formula is C11H12N4O3. The second-order valence-corrected chi connectivity index (χ2v) is 3.32. The molecule has 0 aliphatic heterocycles. The summed E-state index contributed by atoms with van der Waals surface area (Å²) >= 11 is 0. The summed E-state index contributed by atoms with van der Waals surface area (Å²) in [7, 11) is 1.66. The molecule has 0 aromatic heterocycles. The number of carbonyl (C=O) groups excluding carboxylic acids is 1. The van der Waals surface area contributed by atoms with Crippen LogP contribution in [0.25, 0.3) is 5.57 Å². The summed E-state index contributed by atoms with van der Waals surface area (Å²) in [6, 6.07) is 4.14. The number of carbonyl (C=O) groups is 1. The van der Waals surface area contributed by atoms with E-state index in [9.17, 15) is 14.9 Å². The van der Waals surface area contributed by atoms with Gasteiger partial charge in [-0.25, -0.2) is 0 Å². The highest BCUT2D eigenvalue weighted by molar-refractivity contribution is 6.08. The number of hydrogen-bond donors (Lipinski definition) is 3. The Bertz CT molecular complexity index is 511. The summed E-state index contributed by atoms with van der Waals surface area (Å²) in [5, 5.41) is 23.1. The molecule has 0 saturated carbocycles. The number of amides is 1. The number of nitro benzene ring substituents is 1. The molecule has 0 bridgehead atoms. The first-order valence-corrected chi connectivity index (χ1v) is 5.00. The van der Waals surface area contributed by atoms with Gasteiger partial charge in [-0.05, 0) is 11.6 Å². The minimum atomic E-state index is -0.555. The first-order chi connectivity index (χ1) is 8.62. The molecule has 0 atom stereocenters. The summed E-state index contributed by atoms with van der Waals surface area (Å²) in [6.07, 6.45) is 3.05. The molecular weight excluding hydrogens is 236 g/mol. The standard InChI is InChI=1S/C11H12N4O3/c1-13-6-9(5-12)8-2-10(14-7-16)4-11(3-8)15(17)18/h2-7,12-13H,1H3,(H,14,16)/b9-6+,12-5?. The molecule has 0 radical (unpaired) electrons. The van der Waals surface area contributed by atoms with E-state index in [-0.39, 0.29) is 5.69 Å². The minimum Gasteiger partial charge on any atom is -0.393 e. The van der Waals surface area contributed by atoms with Crippen molar-refractivity contribution in [1.82, 2.24) is 5.32 Å². The van der Waals surface area contributed by atoms with Crippen LogP contribution in [0.5, 0.6) is 0 Å². The van der Waals surface area contributed by atoms with Crippen LogP contribution >= 0.6 is 0 Å². The summed E-state index contributed by atoms with van der Waals surface area (Å²) in [5.74, 6) is 0. The van der Waals surface area contributed by atoms with Crippen LogP contribution in [0.2, 0.25) is 0 Å². The van der Waals surface area contributed by atoms with Crippen LogP contribution < -0.4 is 10.6 Å². The fourth-order valence-electron chi connectivity index (χ4n) is 1.40. The average Bonchev–Trinajstić information content (AvgIpc) is 2.35. The van der Waals surface area contributed by atoms with E-state index in [4.69, 9.17) is 5.41 Å². The van der Waals surface area contributed by atoms with Gasteiger partial charge < -0.3 is 16.0 Å². The van der Waals surface area contributed by atoms with E-state index in [1.165, 1.54) is 18.3 Å². The maximum absolute atomic E-state index is 10.8. The van der Waals surface area contributed by atoms with Gasteiger partial charge in [0, 0.05) is 42.9 Å². The Hall–Kier alpha value is -2.70. The number of nitrogens with one attached hydrogen (secondary N) is 3. The van der Waals surface area contributed by atoms with Crippen molar-refractivity contribution in [2.45, 2.75) is 0 Å². The summed E-state index contributed by atoms with van der Waals surface area (Å²) in [4.78, 5) is 20.6. The molecule has 1 aromatic rings. The van der Waals surface area contributed by atoms with Gasteiger partial charge in [0.2, 0.25) is 6.41 Å². The van der Waals surface area contributed by atoms with E-state index in [0.717, 1.165) is 6.21 Å². The minimum absolute atomic E-state index is 0.152. The van der Waals surface area contributed by atoms with E-state index in [1.807, 2.05) is 0 Å². The fourth-order valence-corrected chi connectivity index (χ4v) is 1.40. The second kappa shape index (κ2) is 6.14. The van der Waals surface area contributed by atoms with E-state index in [2.05, 4.69) is 10.6 Å². The predicted molar refractivity (Wildman–Crippen MR) is 68.6 cm³/mol. The maximum atomic E-state index is 10.8. The monoisotopic (exact) mass is 248 g/mol. The largest absolute Gasteiger partial charge is 0.393 e. The van der Waals surface area contributed by atoms with Gasteiger partial charge in [0.05, 0.1) is 4.92 Å². The molecule has 0 saturated heterocycles. The quantitative estimate of drug-likeness (QED) is 0.306. The third-order valence-electron chi connectivity index (χ3n) is 2.14. The van der Waals surface area contributed by atoms with E-state index >= 15 is 0 Å². The zero-order valence-electron chi connectivity index (χ0n) is 9.64. The Morgan fingerprint density at radius 3 is 2.67 bits per heavy atom. The van der Waals surface area contributed by atoms with Crippen LogP contribution in [0.4, 0.5) is 11.4 Å². The number of non-ortho nitro benzene ring substituents is 1. The van der Waals surface area contributed by atoms with Crippen molar-refractivity contribution in [2.24, 2.45) is 0 Å². The van der Waals surface area contributed by atoms with Crippen LogP contribution in [-0.4, -0.2) is 24.6 Å². The van der Waals surface area contributed by atoms with Crippen molar-refractivity contribution >= 4 is 29.6 Å². The number of nitrogens with zero attached hydrogens (tertiary/aromatic N) is 1. The molecule has 1 aromatic carbocycles. The third kappa shape index (κ3) is 3.14. The second-order valence-electron chi connectivity index (χ2n) is 3.32. The zero-order chi connectivity index (χ0) is 13.5. The highest BCUT2D eigenvalue weighted by atomic mass is 16.6. The molecule has 94 valence electrons. The van der Waals surface area contributed by atoms with Gasteiger partial charge in [-0.2, -0.15) is 0 Å². The number of hydrogen-bond acceptors (Lipinski definition) is 5. The molecule has 0 spiro atoms. The fraction of sp³-hybridized carbons (Fsp3) is 0.0909. The number of rotatable bonds is 6. The van der Waals surface area contributed by atoms with Gasteiger partial charge in [-0.15, -0.1) is 0 Å². The van der Waals surface area contributed by atoms with Crippen molar-refractivity contribution in [3.05, 3.63) is 40.1 Å². The predicted octanol–water partition coefficient (Wildman–Crippen LogP) is 1.37. The molecule has 7 heteroatoms. The molecule has 3 N–H and O–H groups in total. The highest BCUT2D eigenvalue weighted by Gasteiger charge is 2.11. The number of anilines is 1. The Kier molecular flexibility index (Phi) is 4.56. The van der Waals surface area contributed by atoms with Gasteiger partial charge in [0.15, 0.2) is 0 Å². The van der Waals surface area contributed by atoms with Gasteiger partial charge in [0.25, 0.3) is 5.69 Å². The lowest BCUT2D eigenvalue weighted by molar-refractivity contribution is -0.384. The Morgan fingerprint density at radius 1 is 1.44 bits per heavy atom. The van der Waals surface area contributed by atoms with Crippen molar-refractivity contribution in [2.75, 3.05) is 12.4 Å². The molecule has 0 aliphatic rings. The number of nitro groups is 1. The molecule has 0 aliphatic carbocycles. The summed E-state index contributed by atoms with van der Waals surface area (Å²) in [6.45, 7) is 0. The lowest BCUT2D eigenvalue weighted by Crippen LogP contribution is -2.00. The van der Waals surface area contributed by atoms with Gasteiger partial charge in [-0.3, -0.25) is 14.9 Å². The van der Waals surface area contributed by atoms with E-state index < -0.39 is 4.92 Å². The van der Waals surface area contributed by atoms with Crippen LogP contribution in [0, 0.1) is 15.5 Å². The smallest absolute Gasteiger partial charge is 0.272 e. The molecule has 1 amide bonds. The first kappa shape index (κ1) is 13.4. The van der Waals surface area contributed by atoms with Crippen molar-refractivity contribution in [3.63, 3.8) is 0 Å². The number of benzene rings is 1. The van der Waals surface area contributed by atoms with Crippen molar-refractivity contribution in [3.8, 4) is 0 Å². The molecule has 18 heavy (non-hydrogen) atoms. The maximum Gasteiger partial charge on any atom is 0.272 e. The van der Waals surface area contributed by atoms with Crippen LogP contribution in [0.15, 0.2) is 24.4 Å². The van der Waals surface area contributed by atoms with E-state index in [0.29, 0.717) is 23.2 Å². The lowest BCUT2D eigenvalue weighted by atomic mass is 10.1. The highest BCUT2D eigenvalue weighted by Crippen LogP contribution is 2.24. The van der Waals surface area contributed by atoms with Gasteiger partial charge >= 0.3 is 0 Å². The van der Waals surface area contributed by atoms with Gasteiger partial charge in [0.1, 0.15) is 0 Å². The Labute approximate surface area is 103 Å². The molecule has 7 nitrogen and oxygen atoms in total. The molecule has 1 rings (SSSR count). The summed E-state index contributed by atoms with van der Waals surface area (Å²) < 4.78 is 0. The average molecular weight is 248 g/mol.